The lowest BCUT2D eigenvalue weighted by Gasteiger charge is -2.30. The molecule has 0 radical (unpaired) electrons. The summed E-state index contributed by atoms with van der Waals surface area (Å²) in [6.45, 7) is 5.11. The van der Waals surface area contributed by atoms with E-state index in [-0.39, 0.29) is 17.5 Å². The molecule has 148 valence electrons. The van der Waals surface area contributed by atoms with Gasteiger partial charge in [-0.1, -0.05) is 30.0 Å². The number of aryl methyl sites for hydroxylation is 1. The van der Waals surface area contributed by atoms with Crippen LogP contribution < -0.4 is 5.32 Å². The van der Waals surface area contributed by atoms with E-state index in [1.807, 2.05) is 13.8 Å². The van der Waals surface area contributed by atoms with Gasteiger partial charge in [0.2, 0.25) is 11.0 Å². The highest BCUT2D eigenvalue weighted by atomic mass is 32.2. The molecule has 9 nitrogen and oxygen atoms in total. The van der Waals surface area contributed by atoms with E-state index in [0.29, 0.717) is 31.1 Å². The molecule has 2 aromatic rings. The average molecular weight is 431 g/mol. The van der Waals surface area contributed by atoms with Crippen molar-refractivity contribution in [3.8, 4) is 0 Å². The van der Waals surface area contributed by atoms with Crippen LogP contribution in [0.2, 0.25) is 0 Å². The first-order chi connectivity index (χ1) is 12.9. The molecular formula is C15H22N6O3S3. The monoisotopic (exact) mass is 430 g/mol. The third-order valence-corrected chi connectivity index (χ3v) is 7.84. The van der Waals surface area contributed by atoms with Crippen molar-refractivity contribution in [3.63, 3.8) is 0 Å². The van der Waals surface area contributed by atoms with Crippen LogP contribution in [0.15, 0.2) is 21.9 Å². The van der Waals surface area contributed by atoms with Crippen molar-refractivity contribution in [2.45, 2.75) is 42.6 Å². The van der Waals surface area contributed by atoms with Gasteiger partial charge in [-0.3, -0.25) is 4.79 Å². The minimum atomic E-state index is -3.70. The molecular weight excluding hydrogens is 408 g/mol. The summed E-state index contributed by atoms with van der Waals surface area (Å²) in [6.07, 6.45) is 4.28. The third kappa shape index (κ3) is 4.68. The van der Waals surface area contributed by atoms with Crippen LogP contribution in [0.25, 0.3) is 0 Å². The molecule has 0 aliphatic carbocycles. The number of nitrogens with zero attached hydrogens (tertiary/aromatic N) is 5. The number of thioether (sulfide) groups is 1. The maximum atomic E-state index is 12.8. The molecule has 1 N–H and O–H groups in total. The van der Waals surface area contributed by atoms with Gasteiger partial charge in [-0.25, -0.2) is 13.4 Å². The summed E-state index contributed by atoms with van der Waals surface area (Å²) in [4.78, 5) is 16.6. The molecule has 27 heavy (non-hydrogen) atoms. The number of anilines is 1. The molecule has 0 aromatic carbocycles. The van der Waals surface area contributed by atoms with Crippen LogP contribution in [-0.2, 0) is 21.4 Å². The number of aromatic nitrogens is 4. The normalized spacial score (nSPS) is 18.5. The lowest BCUT2D eigenvalue weighted by atomic mass is 9.99. The number of imidazole rings is 1. The van der Waals surface area contributed by atoms with Gasteiger partial charge < -0.3 is 9.88 Å². The van der Waals surface area contributed by atoms with Crippen molar-refractivity contribution in [1.29, 1.82) is 0 Å². The van der Waals surface area contributed by atoms with E-state index in [1.165, 1.54) is 28.2 Å². The molecule has 1 aliphatic heterocycles. The van der Waals surface area contributed by atoms with Crippen LogP contribution in [0.4, 0.5) is 5.13 Å². The van der Waals surface area contributed by atoms with Crippen LogP contribution in [-0.4, -0.2) is 57.2 Å². The first kappa shape index (κ1) is 20.2. The largest absolute Gasteiger partial charge is 0.336 e. The van der Waals surface area contributed by atoms with E-state index in [9.17, 15) is 13.2 Å². The highest BCUT2D eigenvalue weighted by Gasteiger charge is 2.34. The lowest BCUT2D eigenvalue weighted by molar-refractivity contribution is -0.120. The summed E-state index contributed by atoms with van der Waals surface area (Å²) in [7, 11) is -3.70. The molecule has 1 atom stereocenters. The first-order valence-electron chi connectivity index (χ1n) is 8.73. The number of sulfonamides is 1. The van der Waals surface area contributed by atoms with Gasteiger partial charge in [0, 0.05) is 25.8 Å². The van der Waals surface area contributed by atoms with Crippen LogP contribution in [0.1, 0.15) is 26.7 Å². The van der Waals surface area contributed by atoms with Crippen molar-refractivity contribution >= 4 is 44.2 Å². The fourth-order valence-corrected chi connectivity index (χ4v) is 5.91. The molecule has 0 bridgehead atoms. The second-order valence-electron chi connectivity index (χ2n) is 6.04. The number of hydrogen-bond donors (Lipinski definition) is 1. The van der Waals surface area contributed by atoms with Gasteiger partial charge in [0.25, 0.3) is 10.0 Å². The van der Waals surface area contributed by atoms with Crippen molar-refractivity contribution in [3.05, 3.63) is 12.5 Å². The third-order valence-electron chi connectivity index (χ3n) is 4.24. The summed E-state index contributed by atoms with van der Waals surface area (Å²) >= 11 is 2.88. The Morgan fingerprint density at radius 2 is 2.22 bits per heavy atom. The number of piperidine rings is 1. The van der Waals surface area contributed by atoms with Crippen LogP contribution in [0.3, 0.4) is 0 Å². The van der Waals surface area contributed by atoms with Gasteiger partial charge in [-0.15, -0.1) is 10.2 Å². The predicted octanol–water partition coefficient (Wildman–Crippen LogP) is 1.91. The molecule has 3 rings (SSSR count). The smallest absolute Gasteiger partial charge is 0.262 e. The Labute approximate surface area is 166 Å². The van der Waals surface area contributed by atoms with E-state index >= 15 is 0 Å². The maximum Gasteiger partial charge on any atom is 0.262 e. The molecule has 0 spiro atoms. The van der Waals surface area contributed by atoms with Crippen LogP contribution in [0, 0.1) is 5.92 Å². The molecule has 1 fully saturated rings. The standard InChI is InChI=1S/C15H22N6O3S3/c1-3-20-9-12(16-10-20)27(23,24)21-7-5-6-11(8-21)13(22)17-14-18-19-15(26-14)25-4-2/h9-11H,3-8H2,1-2H3,(H,17,18,22)/t11-/m0/s1. The van der Waals surface area contributed by atoms with E-state index in [1.54, 1.807) is 16.3 Å². The Bertz CT molecular complexity index is 894. The fraction of sp³-hybridized carbons (Fsp3) is 0.600. The Hall–Kier alpha value is -1.50. The zero-order valence-electron chi connectivity index (χ0n) is 15.2. The summed E-state index contributed by atoms with van der Waals surface area (Å²) < 4.78 is 29.5. The zero-order valence-corrected chi connectivity index (χ0v) is 17.6. The van der Waals surface area contributed by atoms with Crippen molar-refractivity contribution in [1.82, 2.24) is 24.1 Å². The zero-order chi connectivity index (χ0) is 19.4. The molecule has 2 aromatic heterocycles. The first-order valence-corrected chi connectivity index (χ1v) is 12.0. The maximum absolute atomic E-state index is 12.8. The second kappa shape index (κ2) is 8.67. The molecule has 3 heterocycles. The lowest BCUT2D eigenvalue weighted by Crippen LogP contribution is -2.43. The number of rotatable bonds is 7. The topological polar surface area (TPSA) is 110 Å². The number of carbonyl (C=O) groups excluding carboxylic acids is 1. The van der Waals surface area contributed by atoms with Gasteiger partial charge in [0.1, 0.15) is 0 Å². The molecule has 12 heteroatoms. The van der Waals surface area contributed by atoms with E-state index < -0.39 is 15.9 Å². The Morgan fingerprint density at radius 3 is 2.93 bits per heavy atom. The van der Waals surface area contributed by atoms with Crippen molar-refractivity contribution < 1.29 is 13.2 Å². The highest BCUT2D eigenvalue weighted by Crippen LogP contribution is 2.27. The fourth-order valence-electron chi connectivity index (χ4n) is 2.80. The minimum Gasteiger partial charge on any atom is -0.336 e. The summed E-state index contributed by atoms with van der Waals surface area (Å²) in [6, 6.07) is 0. The van der Waals surface area contributed by atoms with Gasteiger partial charge in [0.15, 0.2) is 9.37 Å². The Morgan fingerprint density at radius 1 is 1.41 bits per heavy atom. The second-order valence-corrected chi connectivity index (χ2v) is 10.4. The molecule has 0 saturated carbocycles. The van der Waals surface area contributed by atoms with Gasteiger partial charge >= 0.3 is 0 Å². The number of carbonyl (C=O) groups is 1. The van der Waals surface area contributed by atoms with Gasteiger partial charge in [-0.05, 0) is 25.5 Å². The van der Waals surface area contributed by atoms with E-state index in [4.69, 9.17) is 0 Å². The number of nitrogens with one attached hydrogen (secondary N) is 1. The quantitative estimate of drug-likeness (QED) is 0.528. The van der Waals surface area contributed by atoms with Gasteiger partial charge in [-0.2, -0.15) is 4.31 Å². The highest BCUT2D eigenvalue weighted by molar-refractivity contribution is 8.01. The number of amides is 1. The van der Waals surface area contributed by atoms with Gasteiger partial charge in [0.05, 0.1) is 12.2 Å². The Balaban J connectivity index is 1.66. The van der Waals surface area contributed by atoms with Crippen molar-refractivity contribution in [2.24, 2.45) is 5.92 Å². The molecule has 0 unspecified atom stereocenters. The van der Waals surface area contributed by atoms with Crippen LogP contribution >= 0.6 is 23.1 Å². The average Bonchev–Trinajstić information content (AvgIpc) is 3.32. The van der Waals surface area contributed by atoms with Crippen LogP contribution in [0.5, 0.6) is 0 Å². The summed E-state index contributed by atoms with van der Waals surface area (Å²) in [5, 5.41) is 11.2. The molecule has 1 saturated heterocycles. The SMILES string of the molecule is CCSc1nnc(NC(=O)[C@H]2CCCN(S(=O)(=O)c3cn(CC)cn3)C2)s1. The van der Waals surface area contributed by atoms with Crippen molar-refractivity contribution in [2.75, 3.05) is 24.2 Å². The summed E-state index contributed by atoms with van der Waals surface area (Å²) in [5.41, 5.74) is 0. The predicted molar refractivity (Wildman–Crippen MR) is 104 cm³/mol. The van der Waals surface area contributed by atoms with E-state index in [2.05, 4.69) is 20.5 Å². The molecule has 1 aliphatic rings. The Kier molecular flexibility index (Phi) is 6.50. The summed E-state index contributed by atoms with van der Waals surface area (Å²) in [5.74, 6) is 0.234. The number of hydrogen-bond acceptors (Lipinski definition) is 8. The molecule has 1 amide bonds. The van der Waals surface area contributed by atoms with E-state index in [0.717, 1.165) is 10.1 Å². The minimum absolute atomic E-state index is 0.0239.